The van der Waals surface area contributed by atoms with Crippen LogP contribution in [-0.2, 0) is 0 Å². The lowest BCUT2D eigenvalue weighted by atomic mass is 10.2. The minimum absolute atomic E-state index is 0.126. The third-order valence-electron chi connectivity index (χ3n) is 1.98. The number of ether oxygens (including phenoxy) is 2. The molecule has 0 radical (unpaired) electrons. The van der Waals surface area contributed by atoms with E-state index in [0.717, 1.165) is 5.75 Å². The highest BCUT2D eigenvalue weighted by Gasteiger charge is 2.09. The molecule has 4 heteroatoms. The van der Waals surface area contributed by atoms with E-state index in [1.165, 1.54) is 0 Å². The van der Waals surface area contributed by atoms with Crippen LogP contribution in [0.3, 0.4) is 0 Å². The van der Waals surface area contributed by atoms with Crippen molar-refractivity contribution >= 4 is 5.84 Å². The number of hydrogen-bond donors (Lipinski definition) is 2. The summed E-state index contributed by atoms with van der Waals surface area (Å²) in [5, 5.41) is 7.19. The van der Waals surface area contributed by atoms with Crippen LogP contribution in [0, 0.1) is 5.41 Å². The Balaban J connectivity index is 2.68. The molecule has 0 saturated carbocycles. The van der Waals surface area contributed by atoms with Gasteiger partial charge in [-0.3, -0.25) is 5.41 Å². The quantitative estimate of drug-likeness (QED) is 0.572. The SMILES string of the molecule is CCOc1ccccc1OC(C)CC(=N)N. The molecule has 0 aliphatic carbocycles. The van der Waals surface area contributed by atoms with Gasteiger partial charge in [0.2, 0.25) is 0 Å². The standard InChI is InChI=1S/C12H18N2O2/c1-3-15-10-6-4-5-7-11(10)16-9(2)8-12(13)14/h4-7,9H,3,8H2,1-2H3,(H3,13,14). The molecule has 1 unspecified atom stereocenters. The summed E-state index contributed by atoms with van der Waals surface area (Å²) >= 11 is 0. The zero-order valence-electron chi connectivity index (χ0n) is 9.69. The van der Waals surface area contributed by atoms with Crippen LogP contribution in [0.15, 0.2) is 24.3 Å². The van der Waals surface area contributed by atoms with E-state index in [9.17, 15) is 0 Å². The fourth-order valence-electron chi connectivity index (χ4n) is 1.39. The maximum absolute atomic E-state index is 7.19. The van der Waals surface area contributed by atoms with Crippen molar-refractivity contribution in [1.29, 1.82) is 5.41 Å². The highest BCUT2D eigenvalue weighted by atomic mass is 16.5. The summed E-state index contributed by atoms with van der Waals surface area (Å²) in [6, 6.07) is 7.49. The first-order valence-corrected chi connectivity index (χ1v) is 5.34. The smallest absolute Gasteiger partial charge is 0.161 e. The first-order valence-electron chi connectivity index (χ1n) is 5.34. The van der Waals surface area contributed by atoms with E-state index in [1.54, 1.807) is 0 Å². The van der Waals surface area contributed by atoms with E-state index in [1.807, 2.05) is 38.1 Å². The molecule has 1 aromatic carbocycles. The van der Waals surface area contributed by atoms with Crippen molar-refractivity contribution in [2.24, 2.45) is 5.73 Å². The molecule has 0 heterocycles. The molecular formula is C12H18N2O2. The second kappa shape index (κ2) is 6.00. The Morgan fingerprint density at radius 1 is 1.38 bits per heavy atom. The molecular weight excluding hydrogens is 204 g/mol. The second-order valence-corrected chi connectivity index (χ2v) is 3.54. The Labute approximate surface area is 95.9 Å². The summed E-state index contributed by atoms with van der Waals surface area (Å²) in [7, 11) is 0. The number of amidine groups is 1. The number of para-hydroxylation sites is 2. The van der Waals surface area contributed by atoms with Gasteiger partial charge in [-0.25, -0.2) is 0 Å². The fraction of sp³-hybridized carbons (Fsp3) is 0.417. The van der Waals surface area contributed by atoms with E-state index >= 15 is 0 Å². The first kappa shape index (κ1) is 12.4. The van der Waals surface area contributed by atoms with E-state index in [4.69, 9.17) is 20.6 Å². The van der Waals surface area contributed by atoms with Gasteiger partial charge >= 0.3 is 0 Å². The summed E-state index contributed by atoms with van der Waals surface area (Å²) in [5.74, 6) is 1.54. The van der Waals surface area contributed by atoms with Crippen LogP contribution in [0.4, 0.5) is 0 Å². The number of benzene rings is 1. The van der Waals surface area contributed by atoms with E-state index in [0.29, 0.717) is 18.8 Å². The van der Waals surface area contributed by atoms with Crippen molar-refractivity contribution in [3.63, 3.8) is 0 Å². The molecule has 1 aromatic rings. The molecule has 0 saturated heterocycles. The van der Waals surface area contributed by atoms with Crippen LogP contribution in [-0.4, -0.2) is 18.5 Å². The van der Waals surface area contributed by atoms with Gasteiger partial charge in [0.25, 0.3) is 0 Å². The van der Waals surface area contributed by atoms with Gasteiger partial charge in [-0.05, 0) is 26.0 Å². The van der Waals surface area contributed by atoms with Gasteiger partial charge in [0.1, 0.15) is 6.10 Å². The Morgan fingerprint density at radius 2 is 2.00 bits per heavy atom. The molecule has 1 rings (SSSR count). The highest BCUT2D eigenvalue weighted by molar-refractivity contribution is 5.77. The molecule has 0 bridgehead atoms. The summed E-state index contributed by atoms with van der Waals surface area (Å²) in [6.07, 6.45) is 0.291. The lowest BCUT2D eigenvalue weighted by Crippen LogP contribution is -2.21. The van der Waals surface area contributed by atoms with E-state index < -0.39 is 0 Å². The van der Waals surface area contributed by atoms with Crippen molar-refractivity contribution in [2.45, 2.75) is 26.4 Å². The normalized spacial score (nSPS) is 11.9. The zero-order valence-corrected chi connectivity index (χ0v) is 9.69. The predicted molar refractivity (Wildman–Crippen MR) is 64.2 cm³/mol. The van der Waals surface area contributed by atoms with Gasteiger partial charge in [-0.15, -0.1) is 0 Å². The monoisotopic (exact) mass is 222 g/mol. The van der Waals surface area contributed by atoms with Crippen molar-refractivity contribution in [3.05, 3.63) is 24.3 Å². The highest BCUT2D eigenvalue weighted by Crippen LogP contribution is 2.27. The molecule has 0 amide bonds. The molecule has 1 atom stereocenters. The number of nitrogens with two attached hydrogens (primary N) is 1. The predicted octanol–water partition coefficient (Wildman–Crippen LogP) is 2.18. The number of hydrogen-bond acceptors (Lipinski definition) is 3. The van der Waals surface area contributed by atoms with Crippen LogP contribution < -0.4 is 15.2 Å². The summed E-state index contributed by atoms with van der Waals surface area (Å²) < 4.78 is 11.1. The van der Waals surface area contributed by atoms with Gasteiger partial charge in [0, 0.05) is 6.42 Å². The molecule has 0 aliphatic rings. The largest absolute Gasteiger partial charge is 0.490 e. The second-order valence-electron chi connectivity index (χ2n) is 3.54. The van der Waals surface area contributed by atoms with Crippen LogP contribution in [0.1, 0.15) is 20.3 Å². The van der Waals surface area contributed by atoms with Crippen molar-refractivity contribution in [3.8, 4) is 11.5 Å². The number of rotatable bonds is 6. The Bertz CT molecular complexity index is 353. The minimum Gasteiger partial charge on any atom is -0.490 e. The fourth-order valence-corrected chi connectivity index (χ4v) is 1.39. The molecule has 0 aromatic heterocycles. The molecule has 0 aliphatic heterocycles. The van der Waals surface area contributed by atoms with Gasteiger partial charge in [-0.1, -0.05) is 12.1 Å². The lowest BCUT2D eigenvalue weighted by molar-refractivity contribution is 0.213. The van der Waals surface area contributed by atoms with E-state index in [-0.39, 0.29) is 11.9 Å². The molecule has 3 N–H and O–H groups in total. The molecule has 88 valence electrons. The topological polar surface area (TPSA) is 68.3 Å². The van der Waals surface area contributed by atoms with Crippen molar-refractivity contribution < 1.29 is 9.47 Å². The van der Waals surface area contributed by atoms with Gasteiger partial charge in [-0.2, -0.15) is 0 Å². The van der Waals surface area contributed by atoms with Gasteiger partial charge in [0.05, 0.1) is 12.4 Å². The van der Waals surface area contributed by atoms with Crippen molar-refractivity contribution in [1.82, 2.24) is 0 Å². The van der Waals surface area contributed by atoms with Crippen LogP contribution in [0.5, 0.6) is 11.5 Å². The number of nitrogens with one attached hydrogen (secondary N) is 1. The molecule has 0 fully saturated rings. The maximum atomic E-state index is 7.19. The van der Waals surface area contributed by atoms with Crippen molar-refractivity contribution in [2.75, 3.05) is 6.61 Å². The van der Waals surface area contributed by atoms with Crippen LogP contribution in [0.25, 0.3) is 0 Å². The van der Waals surface area contributed by atoms with E-state index in [2.05, 4.69) is 0 Å². The third-order valence-corrected chi connectivity index (χ3v) is 1.98. The van der Waals surface area contributed by atoms with Gasteiger partial charge in [0.15, 0.2) is 11.5 Å². The Kier molecular flexibility index (Phi) is 4.64. The average molecular weight is 222 g/mol. The third kappa shape index (κ3) is 3.81. The Hall–Kier alpha value is -1.71. The van der Waals surface area contributed by atoms with Crippen LogP contribution in [0.2, 0.25) is 0 Å². The minimum atomic E-state index is -0.126. The summed E-state index contributed by atoms with van der Waals surface area (Å²) in [5.41, 5.74) is 5.32. The Morgan fingerprint density at radius 3 is 2.56 bits per heavy atom. The lowest BCUT2D eigenvalue weighted by Gasteiger charge is -2.16. The zero-order chi connectivity index (χ0) is 12.0. The maximum Gasteiger partial charge on any atom is 0.161 e. The first-order chi connectivity index (χ1) is 7.63. The van der Waals surface area contributed by atoms with Gasteiger partial charge < -0.3 is 15.2 Å². The van der Waals surface area contributed by atoms with Crippen LogP contribution >= 0.6 is 0 Å². The summed E-state index contributed by atoms with van der Waals surface area (Å²) in [6.45, 7) is 4.40. The summed E-state index contributed by atoms with van der Waals surface area (Å²) in [4.78, 5) is 0. The molecule has 4 nitrogen and oxygen atoms in total. The average Bonchev–Trinajstić information content (AvgIpc) is 2.20. The molecule has 0 spiro atoms. The molecule has 16 heavy (non-hydrogen) atoms.